The summed E-state index contributed by atoms with van der Waals surface area (Å²) in [6.07, 6.45) is 0. The third-order valence-corrected chi connectivity index (χ3v) is 2.54. The van der Waals surface area contributed by atoms with Gasteiger partial charge in [0.1, 0.15) is 0 Å². The first kappa shape index (κ1) is 15.5. The highest BCUT2D eigenvalue weighted by atomic mass is 16.5. The van der Waals surface area contributed by atoms with Gasteiger partial charge in [-0.3, -0.25) is 0 Å². The molecule has 0 aromatic carbocycles. The second-order valence-electron chi connectivity index (χ2n) is 5.06. The maximum absolute atomic E-state index is 5.40. The van der Waals surface area contributed by atoms with E-state index in [4.69, 9.17) is 4.74 Å². The molecule has 0 atom stereocenters. The number of ether oxygens (including phenoxy) is 1. The lowest BCUT2D eigenvalue weighted by Gasteiger charge is -2.28. The molecule has 0 saturated heterocycles. The van der Waals surface area contributed by atoms with Gasteiger partial charge < -0.3 is 15.0 Å². The predicted molar refractivity (Wildman–Crippen MR) is 77.9 cm³/mol. The van der Waals surface area contributed by atoms with E-state index in [1.165, 1.54) is 0 Å². The average Bonchev–Trinajstić information content (AvgIpc) is 2.35. The topological polar surface area (TPSA) is 63.2 Å². The zero-order chi connectivity index (χ0) is 14.4. The van der Waals surface area contributed by atoms with Crippen molar-refractivity contribution in [2.24, 2.45) is 5.92 Å². The van der Waals surface area contributed by atoms with Gasteiger partial charge in [0.05, 0.1) is 6.61 Å². The van der Waals surface area contributed by atoms with Crippen molar-refractivity contribution in [3.8, 4) is 6.01 Å². The van der Waals surface area contributed by atoms with E-state index in [2.05, 4.69) is 52.9 Å². The Balaban J connectivity index is 3.09. The van der Waals surface area contributed by atoms with Crippen LogP contribution in [0.3, 0.4) is 0 Å². The molecule has 0 bridgehead atoms. The van der Waals surface area contributed by atoms with E-state index in [1.54, 1.807) is 7.05 Å². The van der Waals surface area contributed by atoms with Crippen molar-refractivity contribution in [2.45, 2.75) is 40.7 Å². The molecule has 108 valence electrons. The molecule has 0 aliphatic carbocycles. The Kier molecular flexibility index (Phi) is 5.79. The lowest BCUT2D eigenvalue weighted by molar-refractivity contribution is 0.311. The molecule has 0 amide bonds. The molecule has 0 radical (unpaired) electrons. The van der Waals surface area contributed by atoms with E-state index in [1.807, 2.05) is 6.92 Å². The van der Waals surface area contributed by atoms with Crippen LogP contribution in [-0.4, -0.2) is 41.2 Å². The van der Waals surface area contributed by atoms with Crippen molar-refractivity contribution in [1.82, 2.24) is 15.0 Å². The molecule has 1 rings (SSSR count). The molecule has 19 heavy (non-hydrogen) atoms. The Bertz CT molecular complexity index is 395. The van der Waals surface area contributed by atoms with E-state index in [-0.39, 0.29) is 0 Å². The first-order chi connectivity index (χ1) is 8.97. The lowest BCUT2D eigenvalue weighted by atomic mass is 10.2. The Morgan fingerprint density at radius 1 is 1.16 bits per heavy atom. The van der Waals surface area contributed by atoms with Gasteiger partial charge in [-0.15, -0.1) is 0 Å². The zero-order valence-electron chi connectivity index (χ0n) is 12.8. The van der Waals surface area contributed by atoms with Gasteiger partial charge in [-0.2, -0.15) is 15.0 Å². The largest absolute Gasteiger partial charge is 0.464 e. The first-order valence-electron chi connectivity index (χ1n) is 6.81. The molecule has 1 N–H and O–H groups in total. The number of hydrogen-bond donors (Lipinski definition) is 1. The summed E-state index contributed by atoms with van der Waals surface area (Å²) >= 11 is 0. The van der Waals surface area contributed by atoms with Crippen LogP contribution >= 0.6 is 0 Å². The number of anilines is 2. The quantitative estimate of drug-likeness (QED) is 0.817. The molecule has 0 fully saturated rings. The maximum atomic E-state index is 5.40. The van der Waals surface area contributed by atoms with Crippen LogP contribution in [0.1, 0.15) is 34.6 Å². The average molecular weight is 267 g/mol. The molecule has 0 saturated carbocycles. The highest BCUT2D eigenvalue weighted by Gasteiger charge is 2.17. The highest BCUT2D eigenvalue weighted by molar-refractivity contribution is 5.38. The van der Waals surface area contributed by atoms with Crippen LogP contribution in [0.2, 0.25) is 0 Å². The summed E-state index contributed by atoms with van der Waals surface area (Å²) in [5, 5.41) is 2.94. The summed E-state index contributed by atoms with van der Waals surface area (Å²) in [4.78, 5) is 15.2. The number of nitrogens with zero attached hydrogens (tertiary/aromatic N) is 4. The van der Waals surface area contributed by atoms with Crippen LogP contribution in [0.25, 0.3) is 0 Å². The maximum Gasteiger partial charge on any atom is 0.323 e. The van der Waals surface area contributed by atoms with Crippen LogP contribution in [0.4, 0.5) is 11.9 Å². The van der Waals surface area contributed by atoms with Gasteiger partial charge in [-0.05, 0) is 26.7 Å². The predicted octanol–water partition coefficient (Wildman–Crippen LogP) is 2.18. The molecule has 0 unspecified atom stereocenters. The summed E-state index contributed by atoms with van der Waals surface area (Å²) in [5.74, 6) is 1.72. The minimum Gasteiger partial charge on any atom is -0.464 e. The Morgan fingerprint density at radius 3 is 2.32 bits per heavy atom. The minimum atomic E-state index is 0.323. The van der Waals surface area contributed by atoms with Crippen molar-refractivity contribution < 1.29 is 4.74 Å². The molecule has 1 heterocycles. The second-order valence-corrected chi connectivity index (χ2v) is 5.06. The Morgan fingerprint density at radius 2 is 1.84 bits per heavy atom. The summed E-state index contributed by atoms with van der Waals surface area (Å²) in [6, 6.07) is 0.690. The normalized spacial score (nSPS) is 10.9. The van der Waals surface area contributed by atoms with Gasteiger partial charge >= 0.3 is 6.01 Å². The number of hydrogen-bond acceptors (Lipinski definition) is 6. The zero-order valence-corrected chi connectivity index (χ0v) is 12.8. The summed E-state index contributed by atoms with van der Waals surface area (Å²) in [5.41, 5.74) is 0. The molecule has 1 aromatic rings. The highest BCUT2D eigenvalue weighted by Crippen LogP contribution is 2.18. The van der Waals surface area contributed by atoms with Crippen LogP contribution < -0.4 is 15.0 Å². The third kappa shape index (κ3) is 4.54. The molecule has 0 aliphatic heterocycles. The van der Waals surface area contributed by atoms with E-state index in [0.29, 0.717) is 36.5 Å². The van der Waals surface area contributed by atoms with Crippen LogP contribution in [0, 0.1) is 5.92 Å². The lowest BCUT2D eigenvalue weighted by Crippen LogP contribution is -2.35. The number of aromatic nitrogens is 3. The third-order valence-electron chi connectivity index (χ3n) is 2.54. The molecule has 1 aromatic heterocycles. The molecular weight excluding hydrogens is 242 g/mol. The van der Waals surface area contributed by atoms with Gasteiger partial charge in [0.2, 0.25) is 11.9 Å². The SMILES string of the molecule is CCOc1nc(NC)nc(N(CC(C)C)C(C)C)n1. The van der Waals surface area contributed by atoms with Crippen molar-refractivity contribution in [3.63, 3.8) is 0 Å². The van der Waals surface area contributed by atoms with Gasteiger partial charge in [-0.1, -0.05) is 13.8 Å². The first-order valence-corrected chi connectivity index (χ1v) is 6.81. The molecule has 0 spiro atoms. The molecule has 0 aliphatic rings. The summed E-state index contributed by atoms with van der Waals surface area (Å²) < 4.78 is 5.40. The fourth-order valence-corrected chi connectivity index (χ4v) is 1.70. The summed E-state index contributed by atoms with van der Waals surface area (Å²) in [7, 11) is 1.79. The van der Waals surface area contributed by atoms with Gasteiger partial charge in [0.15, 0.2) is 0 Å². The van der Waals surface area contributed by atoms with Crippen LogP contribution in [-0.2, 0) is 0 Å². The summed E-state index contributed by atoms with van der Waals surface area (Å²) in [6.45, 7) is 12.0. The Labute approximate surface area is 115 Å². The minimum absolute atomic E-state index is 0.323. The van der Waals surface area contributed by atoms with Crippen molar-refractivity contribution in [2.75, 3.05) is 30.4 Å². The second kappa shape index (κ2) is 7.11. The number of rotatable bonds is 7. The standard InChI is InChI=1S/C13H25N5O/c1-7-19-13-16-11(14-6)15-12(17-13)18(10(4)5)8-9(2)3/h9-10H,7-8H2,1-6H3,(H,14,15,16,17). The van der Waals surface area contributed by atoms with Gasteiger partial charge in [0, 0.05) is 19.6 Å². The van der Waals surface area contributed by atoms with Gasteiger partial charge in [-0.25, -0.2) is 0 Å². The smallest absolute Gasteiger partial charge is 0.323 e. The van der Waals surface area contributed by atoms with Gasteiger partial charge in [0.25, 0.3) is 0 Å². The van der Waals surface area contributed by atoms with E-state index in [9.17, 15) is 0 Å². The van der Waals surface area contributed by atoms with Crippen molar-refractivity contribution in [1.29, 1.82) is 0 Å². The van der Waals surface area contributed by atoms with Crippen LogP contribution in [0.5, 0.6) is 6.01 Å². The van der Waals surface area contributed by atoms with Crippen molar-refractivity contribution >= 4 is 11.9 Å². The van der Waals surface area contributed by atoms with E-state index in [0.717, 1.165) is 6.54 Å². The Hall–Kier alpha value is -1.59. The fourth-order valence-electron chi connectivity index (χ4n) is 1.70. The van der Waals surface area contributed by atoms with Crippen molar-refractivity contribution in [3.05, 3.63) is 0 Å². The van der Waals surface area contributed by atoms with E-state index < -0.39 is 0 Å². The van der Waals surface area contributed by atoms with E-state index >= 15 is 0 Å². The molecule has 6 heteroatoms. The molecule has 6 nitrogen and oxygen atoms in total. The monoisotopic (exact) mass is 267 g/mol. The number of nitrogens with one attached hydrogen (secondary N) is 1. The van der Waals surface area contributed by atoms with Crippen LogP contribution in [0.15, 0.2) is 0 Å². The fraction of sp³-hybridized carbons (Fsp3) is 0.769. The molecular formula is C13H25N5O.